The number of hydrogen-bond donors (Lipinski definition) is 1. The fraction of sp³-hybridized carbons (Fsp3) is 0.435. The zero-order valence-corrected chi connectivity index (χ0v) is 18.2. The van der Waals surface area contributed by atoms with Crippen LogP contribution >= 0.6 is 0 Å². The Labute approximate surface area is 182 Å². The van der Waals surface area contributed by atoms with Crippen molar-refractivity contribution >= 4 is 5.91 Å². The van der Waals surface area contributed by atoms with Crippen molar-refractivity contribution in [3.05, 3.63) is 65.5 Å². The van der Waals surface area contributed by atoms with Gasteiger partial charge >= 0.3 is 0 Å². The Morgan fingerprint density at radius 2 is 2.00 bits per heavy atom. The van der Waals surface area contributed by atoms with Gasteiger partial charge in [0.15, 0.2) is 5.82 Å². The van der Waals surface area contributed by atoms with Gasteiger partial charge in [-0.25, -0.2) is 9.67 Å². The maximum Gasteiger partial charge on any atom is 0.254 e. The molecular formula is C23H29N5O3. The molecular weight excluding hydrogens is 394 g/mol. The lowest BCUT2D eigenvalue weighted by atomic mass is 10.0. The first-order chi connectivity index (χ1) is 15.0. The molecule has 4 rings (SSSR count). The number of ether oxygens (including phenoxy) is 1. The third-order valence-corrected chi connectivity index (χ3v) is 5.50. The molecule has 1 atom stereocenters. The number of furan rings is 1. The van der Waals surface area contributed by atoms with E-state index in [0.717, 1.165) is 30.3 Å². The third-order valence-electron chi connectivity index (χ3n) is 5.50. The molecule has 1 amide bonds. The molecule has 1 unspecified atom stereocenters. The molecule has 0 bridgehead atoms. The number of carbonyl (C=O) groups is 1. The minimum Gasteiger partial charge on any atom is -0.465 e. The number of pyridine rings is 1. The van der Waals surface area contributed by atoms with Crippen LogP contribution in [0.15, 0.2) is 47.1 Å². The maximum absolute atomic E-state index is 13.2. The largest absolute Gasteiger partial charge is 0.465 e. The summed E-state index contributed by atoms with van der Waals surface area (Å²) in [7, 11) is 0. The van der Waals surface area contributed by atoms with Crippen molar-refractivity contribution in [2.75, 3.05) is 32.8 Å². The molecule has 1 aliphatic rings. The van der Waals surface area contributed by atoms with Gasteiger partial charge in [0.25, 0.3) is 5.91 Å². The summed E-state index contributed by atoms with van der Waals surface area (Å²) in [6, 6.07) is 9.55. The lowest BCUT2D eigenvalue weighted by Crippen LogP contribution is -2.43. The second-order valence-electron chi connectivity index (χ2n) is 8.02. The predicted octanol–water partition coefficient (Wildman–Crippen LogP) is 3.10. The van der Waals surface area contributed by atoms with E-state index in [2.05, 4.69) is 34.1 Å². The van der Waals surface area contributed by atoms with E-state index in [4.69, 9.17) is 9.15 Å². The summed E-state index contributed by atoms with van der Waals surface area (Å²) in [6.45, 7) is 9.43. The van der Waals surface area contributed by atoms with Crippen molar-refractivity contribution < 1.29 is 13.9 Å². The molecule has 0 saturated carbocycles. The molecule has 1 aliphatic heterocycles. The summed E-state index contributed by atoms with van der Waals surface area (Å²) >= 11 is 0. The van der Waals surface area contributed by atoms with E-state index in [-0.39, 0.29) is 17.9 Å². The van der Waals surface area contributed by atoms with Gasteiger partial charge in [-0.3, -0.25) is 9.69 Å². The number of hydrogen-bond acceptors (Lipinski definition) is 6. The molecule has 1 saturated heterocycles. The van der Waals surface area contributed by atoms with Crippen LogP contribution in [0.4, 0.5) is 0 Å². The Hall–Kier alpha value is -2.97. The van der Waals surface area contributed by atoms with Gasteiger partial charge in [0.1, 0.15) is 11.5 Å². The van der Waals surface area contributed by atoms with Crippen molar-refractivity contribution in [1.29, 1.82) is 0 Å². The highest BCUT2D eigenvalue weighted by Gasteiger charge is 2.27. The maximum atomic E-state index is 13.2. The molecule has 4 heterocycles. The average molecular weight is 424 g/mol. The number of amides is 1. The van der Waals surface area contributed by atoms with Crippen molar-refractivity contribution in [1.82, 2.24) is 25.0 Å². The van der Waals surface area contributed by atoms with Gasteiger partial charge in [-0.1, -0.05) is 19.9 Å². The molecule has 1 fully saturated rings. The number of aryl methyl sites for hydroxylation is 1. The average Bonchev–Trinajstić information content (AvgIpc) is 3.42. The summed E-state index contributed by atoms with van der Waals surface area (Å²) in [6.07, 6.45) is 3.35. The van der Waals surface area contributed by atoms with Gasteiger partial charge in [0.05, 0.1) is 36.7 Å². The van der Waals surface area contributed by atoms with Crippen LogP contribution in [-0.4, -0.2) is 58.4 Å². The molecule has 0 aromatic carbocycles. The summed E-state index contributed by atoms with van der Waals surface area (Å²) in [5, 5.41) is 7.56. The lowest BCUT2D eigenvalue weighted by molar-refractivity contribution is 0.0117. The molecule has 164 valence electrons. The fourth-order valence-corrected chi connectivity index (χ4v) is 3.97. The van der Waals surface area contributed by atoms with Crippen LogP contribution in [0.5, 0.6) is 0 Å². The van der Waals surface area contributed by atoms with Crippen LogP contribution in [0.1, 0.15) is 53.4 Å². The Bertz CT molecular complexity index is 1010. The van der Waals surface area contributed by atoms with Crippen LogP contribution in [0.3, 0.4) is 0 Å². The first-order valence-electron chi connectivity index (χ1n) is 10.7. The highest BCUT2D eigenvalue weighted by atomic mass is 16.5. The van der Waals surface area contributed by atoms with Gasteiger partial charge in [0.2, 0.25) is 0 Å². The Morgan fingerprint density at radius 3 is 2.65 bits per heavy atom. The molecule has 0 spiro atoms. The topological polar surface area (TPSA) is 85.4 Å². The minimum atomic E-state index is -0.146. The monoisotopic (exact) mass is 423 g/mol. The molecule has 31 heavy (non-hydrogen) atoms. The highest BCUT2D eigenvalue weighted by molar-refractivity contribution is 5.95. The van der Waals surface area contributed by atoms with E-state index in [1.807, 2.05) is 37.3 Å². The van der Waals surface area contributed by atoms with Gasteiger partial charge in [-0.05, 0) is 37.1 Å². The highest BCUT2D eigenvalue weighted by Crippen LogP contribution is 2.25. The summed E-state index contributed by atoms with van der Waals surface area (Å²) in [4.78, 5) is 19.9. The normalized spacial score (nSPS) is 15.9. The van der Waals surface area contributed by atoms with E-state index in [1.165, 1.54) is 0 Å². The van der Waals surface area contributed by atoms with Crippen LogP contribution in [0.25, 0.3) is 5.82 Å². The minimum absolute atomic E-state index is 0.0464. The zero-order chi connectivity index (χ0) is 21.8. The third kappa shape index (κ3) is 4.70. The van der Waals surface area contributed by atoms with Gasteiger partial charge in [-0.15, -0.1) is 0 Å². The zero-order valence-electron chi connectivity index (χ0n) is 18.2. The number of rotatable bonds is 7. The molecule has 8 heteroatoms. The molecule has 8 nitrogen and oxygen atoms in total. The predicted molar refractivity (Wildman–Crippen MR) is 116 cm³/mol. The standard InChI is InChI=1S/C23H29N5O3/c1-16(2)22-18(14-26-28(22)21-6-4-5-9-24-21)23(29)25-15-19(20-8-7-17(3)31-20)27-10-12-30-13-11-27/h4-9,14,16,19H,10-13,15H2,1-3H3,(H,25,29). The van der Waals surface area contributed by atoms with Crippen LogP contribution < -0.4 is 5.32 Å². The molecule has 1 N–H and O–H groups in total. The molecule has 3 aromatic rings. The lowest BCUT2D eigenvalue weighted by Gasteiger charge is -2.33. The van der Waals surface area contributed by atoms with E-state index < -0.39 is 0 Å². The SMILES string of the molecule is Cc1ccc(C(CNC(=O)c2cnn(-c3ccccn3)c2C(C)C)N2CCOCC2)o1. The fourth-order valence-electron chi connectivity index (χ4n) is 3.97. The Morgan fingerprint density at radius 1 is 1.19 bits per heavy atom. The van der Waals surface area contributed by atoms with E-state index in [9.17, 15) is 4.79 Å². The number of aromatic nitrogens is 3. The number of nitrogens with zero attached hydrogens (tertiary/aromatic N) is 4. The van der Waals surface area contributed by atoms with E-state index in [1.54, 1.807) is 17.1 Å². The summed E-state index contributed by atoms with van der Waals surface area (Å²) < 4.78 is 13.1. The van der Waals surface area contributed by atoms with Gasteiger partial charge in [-0.2, -0.15) is 5.10 Å². The number of nitrogens with one attached hydrogen (secondary N) is 1. The quantitative estimate of drug-likeness (QED) is 0.629. The van der Waals surface area contributed by atoms with Gasteiger partial charge in [0, 0.05) is 25.8 Å². The van der Waals surface area contributed by atoms with Crippen molar-refractivity contribution in [2.45, 2.75) is 32.7 Å². The second-order valence-corrected chi connectivity index (χ2v) is 8.02. The van der Waals surface area contributed by atoms with Gasteiger partial charge < -0.3 is 14.5 Å². The first kappa shape index (κ1) is 21.3. The van der Waals surface area contributed by atoms with Crippen molar-refractivity contribution in [2.24, 2.45) is 0 Å². The van der Waals surface area contributed by atoms with Crippen LogP contribution in [-0.2, 0) is 4.74 Å². The summed E-state index contributed by atoms with van der Waals surface area (Å²) in [5.74, 6) is 2.37. The van der Waals surface area contributed by atoms with E-state index in [0.29, 0.717) is 31.1 Å². The van der Waals surface area contributed by atoms with Crippen molar-refractivity contribution in [3.8, 4) is 5.82 Å². The molecule has 0 aliphatic carbocycles. The number of morpholine rings is 1. The van der Waals surface area contributed by atoms with Crippen LogP contribution in [0.2, 0.25) is 0 Å². The number of carbonyl (C=O) groups excluding carboxylic acids is 1. The molecule has 0 radical (unpaired) electrons. The first-order valence-corrected chi connectivity index (χ1v) is 10.7. The molecule has 3 aromatic heterocycles. The Kier molecular flexibility index (Phi) is 6.48. The van der Waals surface area contributed by atoms with E-state index >= 15 is 0 Å². The smallest absolute Gasteiger partial charge is 0.254 e. The Balaban J connectivity index is 1.55. The second kappa shape index (κ2) is 9.45. The van der Waals surface area contributed by atoms with Crippen LogP contribution in [0, 0.1) is 6.92 Å². The summed E-state index contributed by atoms with van der Waals surface area (Å²) in [5.41, 5.74) is 1.41. The van der Waals surface area contributed by atoms with Crippen molar-refractivity contribution in [3.63, 3.8) is 0 Å².